The van der Waals surface area contributed by atoms with Crippen LogP contribution in [0.15, 0.2) is 12.3 Å². The van der Waals surface area contributed by atoms with Gasteiger partial charge < -0.3 is 5.11 Å². The van der Waals surface area contributed by atoms with Crippen LogP contribution in [0.5, 0.6) is 0 Å². The van der Waals surface area contributed by atoms with Gasteiger partial charge in [-0.05, 0) is 44.6 Å². The molecular formula is C13H22N2O. The molecule has 1 aliphatic rings. The molecule has 0 aliphatic heterocycles. The first-order valence-electron chi connectivity index (χ1n) is 6.40. The Kier molecular flexibility index (Phi) is 3.33. The topological polar surface area (TPSA) is 38.0 Å². The van der Waals surface area contributed by atoms with Crippen LogP contribution in [0.3, 0.4) is 0 Å². The molecule has 2 atom stereocenters. The molecule has 1 saturated carbocycles. The summed E-state index contributed by atoms with van der Waals surface area (Å²) >= 11 is 0. The Morgan fingerprint density at radius 3 is 3.06 bits per heavy atom. The summed E-state index contributed by atoms with van der Waals surface area (Å²) in [5, 5.41) is 15.0. The Labute approximate surface area is 97.5 Å². The van der Waals surface area contributed by atoms with E-state index in [0.29, 0.717) is 0 Å². The molecule has 3 heteroatoms. The van der Waals surface area contributed by atoms with E-state index in [1.165, 1.54) is 6.42 Å². The van der Waals surface area contributed by atoms with Crippen molar-refractivity contribution >= 4 is 0 Å². The third-order valence-electron chi connectivity index (χ3n) is 3.83. The minimum Gasteiger partial charge on any atom is -0.384 e. The normalized spacial score (nSPS) is 31.3. The van der Waals surface area contributed by atoms with Crippen LogP contribution in [0.1, 0.15) is 51.6 Å². The van der Waals surface area contributed by atoms with E-state index in [-0.39, 0.29) is 0 Å². The van der Waals surface area contributed by atoms with E-state index in [2.05, 4.69) is 18.9 Å². The van der Waals surface area contributed by atoms with E-state index in [1.54, 1.807) is 6.20 Å². The van der Waals surface area contributed by atoms with Gasteiger partial charge in [-0.25, -0.2) is 0 Å². The molecule has 0 aromatic carbocycles. The molecule has 0 bridgehead atoms. The van der Waals surface area contributed by atoms with Crippen LogP contribution in [0, 0.1) is 5.92 Å². The molecule has 1 aromatic rings. The lowest BCUT2D eigenvalue weighted by atomic mass is 9.90. The fraction of sp³-hybridized carbons (Fsp3) is 0.769. The first kappa shape index (κ1) is 11.6. The molecule has 1 N–H and O–H groups in total. The summed E-state index contributed by atoms with van der Waals surface area (Å²) in [4.78, 5) is 0. The van der Waals surface area contributed by atoms with Gasteiger partial charge in [0, 0.05) is 12.7 Å². The zero-order valence-electron chi connectivity index (χ0n) is 10.3. The SMILES string of the molecule is CCn1nccc1C1(O)CCCC(C)CC1. The van der Waals surface area contributed by atoms with Gasteiger partial charge in [-0.1, -0.05) is 13.3 Å². The molecule has 0 amide bonds. The second kappa shape index (κ2) is 4.58. The van der Waals surface area contributed by atoms with Crippen LogP contribution in [0.4, 0.5) is 0 Å². The van der Waals surface area contributed by atoms with Crippen molar-refractivity contribution in [3.8, 4) is 0 Å². The van der Waals surface area contributed by atoms with Gasteiger partial charge in [0.05, 0.1) is 5.69 Å². The fourth-order valence-electron chi connectivity index (χ4n) is 2.73. The summed E-state index contributed by atoms with van der Waals surface area (Å²) in [6.07, 6.45) is 7.02. The van der Waals surface area contributed by atoms with E-state index in [0.717, 1.165) is 43.8 Å². The van der Waals surface area contributed by atoms with Gasteiger partial charge in [0.2, 0.25) is 0 Å². The van der Waals surface area contributed by atoms with E-state index >= 15 is 0 Å². The molecule has 3 nitrogen and oxygen atoms in total. The molecule has 16 heavy (non-hydrogen) atoms. The molecule has 1 fully saturated rings. The highest BCUT2D eigenvalue weighted by molar-refractivity contribution is 5.12. The van der Waals surface area contributed by atoms with Crippen LogP contribution in [-0.2, 0) is 12.1 Å². The Morgan fingerprint density at radius 1 is 1.50 bits per heavy atom. The van der Waals surface area contributed by atoms with Crippen molar-refractivity contribution in [3.63, 3.8) is 0 Å². The Morgan fingerprint density at radius 2 is 2.31 bits per heavy atom. The quantitative estimate of drug-likeness (QED) is 0.781. The summed E-state index contributed by atoms with van der Waals surface area (Å²) < 4.78 is 1.93. The van der Waals surface area contributed by atoms with Crippen LogP contribution in [-0.4, -0.2) is 14.9 Å². The number of hydrogen-bond acceptors (Lipinski definition) is 2. The lowest BCUT2D eigenvalue weighted by Crippen LogP contribution is -2.28. The fourth-order valence-corrected chi connectivity index (χ4v) is 2.73. The summed E-state index contributed by atoms with van der Waals surface area (Å²) in [5.41, 5.74) is 0.362. The Bertz CT molecular complexity index is 347. The number of nitrogens with zero attached hydrogens (tertiary/aromatic N) is 2. The molecule has 2 rings (SSSR count). The highest BCUT2D eigenvalue weighted by Gasteiger charge is 2.34. The zero-order chi connectivity index (χ0) is 11.6. The zero-order valence-corrected chi connectivity index (χ0v) is 10.3. The molecular weight excluding hydrogens is 200 g/mol. The summed E-state index contributed by atoms with van der Waals surface area (Å²) in [7, 11) is 0. The van der Waals surface area contributed by atoms with Crippen molar-refractivity contribution in [2.45, 2.75) is 58.1 Å². The maximum absolute atomic E-state index is 10.8. The van der Waals surface area contributed by atoms with Gasteiger partial charge in [-0.15, -0.1) is 0 Å². The average Bonchev–Trinajstić information content (AvgIpc) is 2.68. The van der Waals surface area contributed by atoms with Crippen LogP contribution in [0.2, 0.25) is 0 Å². The smallest absolute Gasteiger partial charge is 0.106 e. The second-order valence-corrected chi connectivity index (χ2v) is 5.10. The van der Waals surface area contributed by atoms with E-state index in [4.69, 9.17) is 0 Å². The lowest BCUT2D eigenvalue weighted by molar-refractivity contribution is 0.0111. The Hall–Kier alpha value is -0.830. The van der Waals surface area contributed by atoms with Crippen molar-refractivity contribution in [2.75, 3.05) is 0 Å². The highest BCUT2D eigenvalue weighted by Crippen LogP contribution is 2.37. The number of rotatable bonds is 2. The summed E-state index contributed by atoms with van der Waals surface area (Å²) in [6.45, 7) is 5.18. The predicted octanol–water partition coefficient (Wildman–Crippen LogP) is 2.69. The largest absolute Gasteiger partial charge is 0.384 e. The third-order valence-corrected chi connectivity index (χ3v) is 3.83. The standard InChI is InChI=1S/C13H22N2O/c1-3-15-12(7-10-14-15)13(16)8-4-5-11(2)6-9-13/h7,10-11,16H,3-6,8-9H2,1-2H3. The van der Waals surface area contributed by atoms with Crippen molar-refractivity contribution in [1.29, 1.82) is 0 Å². The predicted molar refractivity (Wildman–Crippen MR) is 64.0 cm³/mol. The van der Waals surface area contributed by atoms with E-state index in [1.807, 2.05) is 10.7 Å². The van der Waals surface area contributed by atoms with Crippen molar-refractivity contribution in [1.82, 2.24) is 9.78 Å². The monoisotopic (exact) mass is 222 g/mol. The molecule has 0 saturated heterocycles. The maximum Gasteiger partial charge on any atom is 0.106 e. The van der Waals surface area contributed by atoms with Crippen molar-refractivity contribution in [3.05, 3.63) is 18.0 Å². The van der Waals surface area contributed by atoms with Gasteiger partial charge in [-0.2, -0.15) is 5.10 Å². The summed E-state index contributed by atoms with van der Waals surface area (Å²) in [5.74, 6) is 0.743. The van der Waals surface area contributed by atoms with Gasteiger partial charge >= 0.3 is 0 Å². The van der Waals surface area contributed by atoms with Gasteiger partial charge in [0.25, 0.3) is 0 Å². The van der Waals surface area contributed by atoms with Gasteiger partial charge in [-0.3, -0.25) is 4.68 Å². The molecule has 90 valence electrons. The van der Waals surface area contributed by atoms with Crippen LogP contribution >= 0.6 is 0 Å². The van der Waals surface area contributed by atoms with E-state index in [9.17, 15) is 5.11 Å². The third kappa shape index (κ3) is 2.14. The second-order valence-electron chi connectivity index (χ2n) is 5.10. The first-order valence-corrected chi connectivity index (χ1v) is 6.40. The molecule has 2 unspecified atom stereocenters. The van der Waals surface area contributed by atoms with Gasteiger partial charge in [0.1, 0.15) is 5.60 Å². The molecule has 0 radical (unpaired) electrons. The Balaban J connectivity index is 2.23. The molecule has 0 spiro atoms. The highest BCUT2D eigenvalue weighted by atomic mass is 16.3. The van der Waals surface area contributed by atoms with Crippen LogP contribution in [0.25, 0.3) is 0 Å². The maximum atomic E-state index is 10.8. The minimum absolute atomic E-state index is 0.642. The molecule has 1 aromatic heterocycles. The van der Waals surface area contributed by atoms with Crippen molar-refractivity contribution in [2.24, 2.45) is 5.92 Å². The lowest BCUT2D eigenvalue weighted by Gasteiger charge is -2.27. The van der Waals surface area contributed by atoms with Crippen LogP contribution < -0.4 is 0 Å². The average molecular weight is 222 g/mol. The van der Waals surface area contributed by atoms with E-state index < -0.39 is 5.60 Å². The summed E-state index contributed by atoms with van der Waals surface area (Å²) in [6, 6.07) is 1.97. The number of hydrogen-bond donors (Lipinski definition) is 1. The number of aromatic nitrogens is 2. The molecule has 1 aliphatic carbocycles. The van der Waals surface area contributed by atoms with Gasteiger partial charge in [0.15, 0.2) is 0 Å². The molecule has 1 heterocycles. The first-order chi connectivity index (χ1) is 7.65. The number of aryl methyl sites for hydroxylation is 1. The van der Waals surface area contributed by atoms with Crippen molar-refractivity contribution < 1.29 is 5.11 Å². The number of aliphatic hydroxyl groups is 1. The minimum atomic E-state index is -0.642.